The summed E-state index contributed by atoms with van der Waals surface area (Å²) >= 11 is 0. The Morgan fingerprint density at radius 3 is 2.74 bits per heavy atom. The third-order valence-corrected chi connectivity index (χ3v) is 4.43. The molecule has 6 nitrogen and oxygen atoms in total. The number of pyridine rings is 1. The zero-order chi connectivity index (χ0) is 16.6. The van der Waals surface area contributed by atoms with Gasteiger partial charge in [0, 0.05) is 43.7 Å². The van der Waals surface area contributed by atoms with Crippen LogP contribution in [0.15, 0.2) is 29.2 Å². The third kappa shape index (κ3) is 3.06. The minimum Gasteiger partial charge on any atom is -0.336 e. The van der Waals surface area contributed by atoms with Gasteiger partial charge in [0.15, 0.2) is 0 Å². The smallest absolute Gasteiger partial charge is 0.254 e. The molecule has 122 valence electrons. The van der Waals surface area contributed by atoms with Crippen LogP contribution in [0.25, 0.3) is 0 Å². The molecule has 0 saturated carbocycles. The number of carbonyl (C=O) groups is 1. The van der Waals surface area contributed by atoms with Gasteiger partial charge in [-0.3, -0.25) is 14.3 Å². The van der Waals surface area contributed by atoms with E-state index in [4.69, 9.17) is 0 Å². The van der Waals surface area contributed by atoms with Crippen molar-refractivity contribution in [2.24, 2.45) is 7.05 Å². The summed E-state index contributed by atoms with van der Waals surface area (Å²) in [6.07, 6.45) is 3.60. The molecule has 0 unspecified atom stereocenters. The Bertz CT molecular complexity index is 790. The quantitative estimate of drug-likeness (QED) is 0.847. The summed E-state index contributed by atoms with van der Waals surface area (Å²) in [5, 5.41) is 4.55. The Labute approximate surface area is 135 Å². The fourth-order valence-corrected chi connectivity index (χ4v) is 3.22. The maximum Gasteiger partial charge on any atom is 0.254 e. The zero-order valence-corrected chi connectivity index (χ0v) is 13.8. The fraction of sp³-hybridized carbons (Fsp3) is 0.471. The zero-order valence-electron chi connectivity index (χ0n) is 13.8. The predicted molar refractivity (Wildman–Crippen MR) is 87.6 cm³/mol. The Balaban J connectivity index is 1.80. The van der Waals surface area contributed by atoms with Gasteiger partial charge in [-0.25, -0.2) is 0 Å². The molecule has 1 aliphatic rings. The number of nitrogens with zero attached hydrogens (tertiary/aromatic N) is 4. The Hall–Kier alpha value is -2.37. The second-order valence-corrected chi connectivity index (χ2v) is 6.28. The van der Waals surface area contributed by atoms with Crippen molar-refractivity contribution < 1.29 is 4.79 Å². The molecule has 0 N–H and O–H groups in total. The molecular formula is C17H22N4O2. The van der Waals surface area contributed by atoms with Crippen LogP contribution in [0.2, 0.25) is 0 Å². The monoisotopic (exact) mass is 314 g/mol. The van der Waals surface area contributed by atoms with Crippen molar-refractivity contribution >= 4 is 5.91 Å². The summed E-state index contributed by atoms with van der Waals surface area (Å²) in [4.78, 5) is 26.2. The molecule has 0 bridgehead atoms. The Morgan fingerprint density at radius 2 is 2.09 bits per heavy atom. The molecule has 1 fully saturated rings. The number of carbonyl (C=O) groups excluding carboxylic acids is 1. The molecule has 1 saturated heterocycles. The lowest BCUT2D eigenvalue weighted by molar-refractivity contribution is 0.0671. The van der Waals surface area contributed by atoms with E-state index < -0.39 is 0 Å². The van der Waals surface area contributed by atoms with E-state index in [2.05, 4.69) is 11.2 Å². The standard InChI is InChI=1S/C17H22N4O2/c1-12-9-13(2)21(18-12)15-5-4-7-20(11-15)17(23)14-6-8-19(3)16(22)10-14/h6,8-10,15H,4-5,7,11H2,1-3H3/t15-/m0/s1. The van der Waals surface area contributed by atoms with Gasteiger partial charge in [-0.05, 0) is 38.8 Å². The lowest BCUT2D eigenvalue weighted by Gasteiger charge is -2.33. The molecular weight excluding hydrogens is 292 g/mol. The highest BCUT2D eigenvalue weighted by atomic mass is 16.2. The van der Waals surface area contributed by atoms with Gasteiger partial charge in [0.2, 0.25) is 0 Å². The van der Waals surface area contributed by atoms with Gasteiger partial charge in [-0.15, -0.1) is 0 Å². The first-order chi connectivity index (χ1) is 11.0. The average Bonchev–Trinajstić information content (AvgIpc) is 2.88. The van der Waals surface area contributed by atoms with E-state index in [0.717, 1.165) is 30.8 Å². The first kappa shape index (κ1) is 15.5. The van der Waals surface area contributed by atoms with Crippen molar-refractivity contribution in [3.05, 3.63) is 51.7 Å². The van der Waals surface area contributed by atoms with E-state index in [0.29, 0.717) is 12.1 Å². The SMILES string of the molecule is Cc1cc(C)n([C@H]2CCCN(C(=O)c3ccn(C)c(=O)c3)C2)n1. The van der Waals surface area contributed by atoms with Crippen LogP contribution in [-0.2, 0) is 7.05 Å². The number of likely N-dealkylation sites (tertiary alicyclic amines) is 1. The van der Waals surface area contributed by atoms with E-state index in [9.17, 15) is 9.59 Å². The van der Waals surface area contributed by atoms with Crippen molar-refractivity contribution in [3.8, 4) is 0 Å². The number of amides is 1. The van der Waals surface area contributed by atoms with Crippen LogP contribution in [-0.4, -0.2) is 38.2 Å². The summed E-state index contributed by atoms with van der Waals surface area (Å²) in [6, 6.07) is 5.38. The molecule has 2 aromatic heterocycles. The van der Waals surface area contributed by atoms with Crippen LogP contribution in [0, 0.1) is 13.8 Å². The van der Waals surface area contributed by atoms with Gasteiger partial charge in [-0.1, -0.05) is 0 Å². The first-order valence-corrected chi connectivity index (χ1v) is 7.94. The minimum atomic E-state index is -0.164. The van der Waals surface area contributed by atoms with E-state index >= 15 is 0 Å². The second kappa shape index (κ2) is 6.02. The fourth-order valence-electron chi connectivity index (χ4n) is 3.22. The van der Waals surface area contributed by atoms with Gasteiger partial charge in [0.05, 0.1) is 11.7 Å². The number of rotatable bonds is 2. The normalized spacial score (nSPS) is 18.2. The molecule has 3 rings (SSSR count). The highest BCUT2D eigenvalue weighted by molar-refractivity contribution is 5.94. The van der Waals surface area contributed by atoms with Crippen LogP contribution in [0.1, 0.15) is 40.6 Å². The summed E-state index contributed by atoms with van der Waals surface area (Å²) in [5.41, 5.74) is 2.41. The van der Waals surface area contributed by atoms with Gasteiger partial charge >= 0.3 is 0 Å². The summed E-state index contributed by atoms with van der Waals surface area (Å²) in [6.45, 7) is 5.39. The largest absolute Gasteiger partial charge is 0.336 e. The van der Waals surface area contributed by atoms with E-state index in [1.807, 2.05) is 23.4 Å². The predicted octanol–water partition coefficient (Wildman–Crippen LogP) is 1.68. The molecule has 0 radical (unpaired) electrons. The highest BCUT2D eigenvalue weighted by Gasteiger charge is 2.27. The second-order valence-electron chi connectivity index (χ2n) is 6.28. The van der Waals surface area contributed by atoms with Crippen molar-refractivity contribution in [1.29, 1.82) is 0 Å². The molecule has 1 aliphatic heterocycles. The maximum atomic E-state index is 12.7. The summed E-state index contributed by atoms with van der Waals surface area (Å²) < 4.78 is 3.49. The molecule has 2 aromatic rings. The third-order valence-electron chi connectivity index (χ3n) is 4.43. The Morgan fingerprint density at radius 1 is 1.30 bits per heavy atom. The van der Waals surface area contributed by atoms with Crippen LogP contribution < -0.4 is 5.56 Å². The Kier molecular flexibility index (Phi) is 4.07. The number of piperidine rings is 1. The van der Waals surface area contributed by atoms with Gasteiger partial charge in [0.1, 0.15) is 0 Å². The number of hydrogen-bond acceptors (Lipinski definition) is 3. The molecule has 3 heterocycles. The lowest BCUT2D eigenvalue weighted by Crippen LogP contribution is -2.41. The molecule has 0 aliphatic carbocycles. The molecule has 23 heavy (non-hydrogen) atoms. The van der Waals surface area contributed by atoms with Gasteiger partial charge in [-0.2, -0.15) is 5.10 Å². The van der Waals surface area contributed by atoms with Crippen molar-refractivity contribution in [2.45, 2.75) is 32.7 Å². The van der Waals surface area contributed by atoms with E-state index in [1.54, 1.807) is 19.3 Å². The van der Waals surface area contributed by atoms with Crippen LogP contribution in [0.5, 0.6) is 0 Å². The van der Waals surface area contributed by atoms with E-state index in [1.165, 1.54) is 10.6 Å². The molecule has 1 atom stereocenters. The van der Waals surface area contributed by atoms with Crippen LogP contribution in [0.3, 0.4) is 0 Å². The summed E-state index contributed by atoms with van der Waals surface area (Å²) in [7, 11) is 1.68. The van der Waals surface area contributed by atoms with Gasteiger partial charge in [0.25, 0.3) is 11.5 Å². The van der Waals surface area contributed by atoms with Crippen LogP contribution >= 0.6 is 0 Å². The number of aryl methyl sites for hydroxylation is 3. The molecule has 1 amide bonds. The number of aromatic nitrogens is 3. The van der Waals surface area contributed by atoms with Crippen molar-refractivity contribution in [1.82, 2.24) is 19.2 Å². The molecule has 0 aromatic carbocycles. The lowest BCUT2D eigenvalue weighted by atomic mass is 10.0. The first-order valence-electron chi connectivity index (χ1n) is 7.94. The van der Waals surface area contributed by atoms with Gasteiger partial charge < -0.3 is 9.47 Å². The van der Waals surface area contributed by atoms with Crippen molar-refractivity contribution in [3.63, 3.8) is 0 Å². The van der Waals surface area contributed by atoms with E-state index in [-0.39, 0.29) is 17.5 Å². The highest BCUT2D eigenvalue weighted by Crippen LogP contribution is 2.24. The maximum absolute atomic E-state index is 12.7. The summed E-state index contributed by atoms with van der Waals surface area (Å²) in [5.74, 6) is -0.0751. The van der Waals surface area contributed by atoms with Crippen molar-refractivity contribution in [2.75, 3.05) is 13.1 Å². The molecule has 6 heteroatoms. The minimum absolute atomic E-state index is 0.0751. The average molecular weight is 314 g/mol. The molecule has 0 spiro atoms. The topological polar surface area (TPSA) is 60.1 Å². The van der Waals surface area contributed by atoms with Crippen LogP contribution in [0.4, 0.5) is 0 Å². The number of hydrogen-bond donors (Lipinski definition) is 0.